The molecule has 1 heterocycles. The molecule has 18 heavy (non-hydrogen) atoms. The minimum absolute atomic E-state index is 0.532. The maximum atomic E-state index is 5.56. The van der Waals surface area contributed by atoms with Crippen LogP contribution in [0.25, 0.3) is 0 Å². The first-order valence-electron chi connectivity index (χ1n) is 6.17. The minimum Gasteiger partial charge on any atom is -0.494 e. The number of aryl methyl sites for hydroxylation is 2. The van der Waals surface area contributed by atoms with Crippen LogP contribution in [-0.2, 0) is 19.4 Å². The quantitative estimate of drug-likeness (QED) is 0.871. The van der Waals surface area contributed by atoms with Crippen LogP contribution in [0.2, 0.25) is 0 Å². The normalized spacial score (nSPS) is 10.6. The number of hydrogen-bond donors (Lipinski definition) is 1. The van der Waals surface area contributed by atoms with Gasteiger partial charge in [0, 0.05) is 11.9 Å². The van der Waals surface area contributed by atoms with Gasteiger partial charge in [0.2, 0.25) is 0 Å². The lowest BCUT2D eigenvalue weighted by atomic mass is 10.1. The lowest BCUT2D eigenvalue weighted by molar-refractivity contribution is 0.340. The van der Waals surface area contributed by atoms with Crippen molar-refractivity contribution in [2.75, 3.05) is 6.61 Å². The van der Waals surface area contributed by atoms with Crippen molar-refractivity contribution in [1.82, 2.24) is 4.98 Å². The van der Waals surface area contributed by atoms with E-state index in [0.29, 0.717) is 13.2 Å². The standard InChI is InChI=1S/C14H18N2OS/c1-2-17-13-5-3-4-11(8-13)6-7-12-10-18-14(9-15)16-12/h3-5,8,10H,2,6-7,9,15H2,1H3. The molecule has 1 aromatic heterocycles. The summed E-state index contributed by atoms with van der Waals surface area (Å²) < 4.78 is 5.49. The Bertz CT molecular complexity index is 496. The van der Waals surface area contributed by atoms with E-state index in [2.05, 4.69) is 22.5 Å². The van der Waals surface area contributed by atoms with Gasteiger partial charge in [-0.25, -0.2) is 4.98 Å². The molecule has 0 saturated heterocycles. The summed E-state index contributed by atoms with van der Waals surface area (Å²) in [6.45, 7) is 3.23. The first-order valence-corrected chi connectivity index (χ1v) is 7.05. The fraction of sp³-hybridized carbons (Fsp3) is 0.357. The summed E-state index contributed by atoms with van der Waals surface area (Å²) in [5.74, 6) is 0.941. The van der Waals surface area contributed by atoms with Crippen molar-refractivity contribution in [2.24, 2.45) is 5.73 Å². The van der Waals surface area contributed by atoms with Crippen LogP contribution in [0.1, 0.15) is 23.2 Å². The van der Waals surface area contributed by atoms with Gasteiger partial charge in [0.05, 0.1) is 12.3 Å². The number of nitrogens with zero attached hydrogens (tertiary/aromatic N) is 1. The van der Waals surface area contributed by atoms with E-state index in [-0.39, 0.29) is 0 Å². The SMILES string of the molecule is CCOc1cccc(CCc2csc(CN)n2)c1. The summed E-state index contributed by atoms with van der Waals surface area (Å²) in [5, 5.41) is 3.10. The second kappa shape index (κ2) is 6.52. The van der Waals surface area contributed by atoms with E-state index < -0.39 is 0 Å². The predicted molar refractivity (Wildman–Crippen MR) is 75.0 cm³/mol. The van der Waals surface area contributed by atoms with Gasteiger partial charge in [-0.1, -0.05) is 12.1 Å². The van der Waals surface area contributed by atoms with Crippen LogP contribution in [0.4, 0.5) is 0 Å². The van der Waals surface area contributed by atoms with Gasteiger partial charge in [0.15, 0.2) is 0 Å². The van der Waals surface area contributed by atoms with Gasteiger partial charge in [-0.15, -0.1) is 11.3 Å². The van der Waals surface area contributed by atoms with Crippen molar-refractivity contribution in [2.45, 2.75) is 26.3 Å². The van der Waals surface area contributed by atoms with E-state index in [0.717, 1.165) is 29.3 Å². The lowest BCUT2D eigenvalue weighted by Crippen LogP contribution is -1.97. The Balaban J connectivity index is 1.94. The number of rotatable bonds is 6. The van der Waals surface area contributed by atoms with E-state index in [4.69, 9.17) is 10.5 Å². The average molecular weight is 262 g/mol. The fourth-order valence-corrected chi connectivity index (χ4v) is 2.50. The molecule has 2 rings (SSSR count). The summed E-state index contributed by atoms with van der Waals surface area (Å²) in [6.07, 6.45) is 1.93. The topological polar surface area (TPSA) is 48.1 Å². The minimum atomic E-state index is 0.532. The molecule has 0 saturated carbocycles. The zero-order valence-electron chi connectivity index (χ0n) is 10.6. The Morgan fingerprint density at radius 3 is 2.94 bits per heavy atom. The molecule has 0 aliphatic rings. The van der Waals surface area contributed by atoms with Gasteiger partial charge < -0.3 is 10.5 Å². The van der Waals surface area contributed by atoms with E-state index in [1.807, 2.05) is 19.1 Å². The largest absolute Gasteiger partial charge is 0.494 e. The third-order valence-electron chi connectivity index (χ3n) is 2.65. The average Bonchev–Trinajstić information content (AvgIpc) is 2.85. The number of benzene rings is 1. The van der Waals surface area contributed by atoms with E-state index in [9.17, 15) is 0 Å². The van der Waals surface area contributed by atoms with Crippen LogP contribution < -0.4 is 10.5 Å². The highest BCUT2D eigenvalue weighted by Crippen LogP contribution is 2.16. The maximum absolute atomic E-state index is 5.56. The van der Waals surface area contributed by atoms with Crippen molar-refractivity contribution < 1.29 is 4.74 Å². The highest BCUT2D eigenvalue weighted by atomic mass is 32.1. The summed E-state index contributed by atoms with van der Waals surface area (Å²) in [4.78, 5) is 4.46. The van der Waals surface area contributed by atoms with Crippen LogP contribution >= 0.6 is 11.3 Å². The molecule has 0 amide bonds. The van der Waals surface area contributed by atoms with Crippen LogP contribution in [0.5, 0.6) is 5.75 Å². The van der Waals surface area contributed by atoms with Gasteiger partial charge in [-0.3, -0.25) is 0 Å². The Morgan fingerprint density at radius 2 is 2.22 bits per heavy atom. The summed E-state index contributed by atoms with van der Waals surface area (Å²) in [5.41, 5.74) is 7.96. The van der Waals surface area contributed by atoms with Crippen molar-refractivity contribution in [1.29, 1.82) is 0 Å². The zero-order chi connectivity index (χ0) is 12.8. The maximum Gasteiger partial charge on any atom is 0.119 e. The molecule has 1 aromatic carbocycles. The zero-order valence-corrected chi connectivity index (χ0v) is 11.4. The smallest absolute Gasteiger partial charge is 0.119 e. The molecule has 2 N–H and O–H groups in total. The van der Waals surface area contributed by atoms with Crippen LogP contribution in [0, 0.1) is 0 Å². The van der Waals surface area contributed by atoms with Gasteiger partial charge in [0.25, 0.3) is 0 Å². The number of nitrogens with two attached hydrogens (primary N) is 1. The molecule has 3 nitrogen and oxygen atoms in total. The molecule has 4 heteroatoms. The van der Waals surface area contributed by atoms with Crippen LogP contribution in [-0.4, -0.2) is 11.6 Å². The van der Waals surface area contributed by atoms with Crippen molar-refractivity contribution in [3.8, 4) is 5.75 Å². The van der Waals surface area contributed by atoms with Crippen molar-refractivity contribution >= 4 is 11.3 Å². The first kappa shape index (κ1) is 13.1. The molecule has 2 aromatic rings. The molecule has 0 aliphatic carbocycles. The molecule has 96 valence electrons. The highest BCUT2D eigenvalue weighted by Gasteiger charge is 2.02. The molecular formula is C14H18N2OS. The van der Waals surface area contributed by atoms with Crippen LogP contribution in [0.15, 0.2) is 29.6 Å². The Morgan fingerprint density at radius 1 is 1.33 bits per heavy atom. The molecule has 0 atom stereocenters. The second-order valence-electron chi connectivity index (χ2n) is 4.02. The summed E-state index contributed by atoms with van der Waals surface area (Å²) >= 11 is 1.64. The Kier molecular flexibility index (Phi) is 4.73. The highest BCUT2D eigenvalue weighted by molar-refractivity contribution is 7.09. The van der Waals surface area contributed by atoms with E-state index in [1.165, 1.54) is 5.56 Å². The van der Waals surface area contributed by atoms with Gasteiger partial charge in [-0.2, -0.15) is 0 Å². The molecule has 0 fully saturated rings. The third kappa shape index (κ3) is 3.55. The van der Waals surface area contributed by atoms with Gasteiger partial charge in [-0.05, 0) is 37.5 Å². The second-order valence-corrected chi connectivity index (χ2v) is 4.96. The summed E-state index contributed by atoms with van der Waals surface area (Å²) in [7, 11) is 0. The first-order chi connectivity index (χ1) is 8.81. The fourth-order valence-electron chi connectivity index (χ4n) is 1.79. The molecule has 0 radical (unpaired) electrons. The number of hydrogen-bond acceptors (Lipinski definition) is 4. The third-order valence-corrected chi connectivity index (χ3v) is 3.57. The Labute approximate surface area is 112 Å². The van der Waals surface area contributed by atoms with Gasteiger partial charge in [0.1, 0.15) is 10.8 Å². The number of ether oxygens (including phenoxy) is 1. The van der Waals surface area contributed by atoms with E-state index >= 15 is 0 Å². The number of thiazole rings is 1. The van der Waals surface area contributed by atoms with Crippen molar-refractivity contribution in [3.05, 3.63) is 45.9 Å². The van der Waals surface area contributed by atoms with Crippen LogP contribution in [0.3, 0.4) is 0 Å². The van der Waals surface area contributed by atoms with E-state index in [1.54, 1.807) is 11.3 Å². The Hall–Kier alpha value is -1.39. The van der Waals surface area contributed by atoms with Gasteiger partial charge >= 0.3 is 0 Å². The molecule has 0 unspecified atom stereocenters. The molecule has 0 aliphatic heterocycles. The predicted octanol–water partition coefficient (Wildman–Crippen LogP) is 2.79. The summed E-state index contributed by atoms with van der Waals surface area (Å²) in [6, 6.07) is 8.24. The lowest BCUT2D eigenvalue weighted by Gasteiger charge is -2.05. The molecular weight excluding hydrogens is 244 g/mol. The van der Waals surface area contributed by atoms with Crippen molar-refractivity contribution in [3.63, 3.8) is 0 Å². The monoisotopic (exact) mass is 262 g/mol. The molecule has 0 spiro atoms. The molecule has 0 bridgehead atoms. The number of aromatic nitrogens is 1.